The van der Waals surface area contributed by atoms with Gasteiger partial charge in [0.05, 0.1) is 12.5 Å². The Morgan fingerprint density at radius 2 is 2.05 bits per heavy atom. The Bertz CT molecular complexity index is 684. The van der Waals surface area contributed by atoms with Gasteiger partial charge in [0.2, 0.25) is 5.91 Å². The molecule has 3 rings (SSSR count). The van der Waals surface area contributed by atoms with E-state index in [-0.39, 0.29) is 18.4 Å². The van der Waals surface area contributed by atoms with Crippen molar-refractivity contribution in [2.45, 2.75) is 25.3 Å². The summed E-state index contributed by atoms with van der Waals surface area (Å²) in [6.07, 6.45) is 2.39. The van der Waals surface area contributed by atoms with Crippen LogP contribution in [0.2, 0.25) is 0 Å². The maximum absolute atomic E-state index is 11.2. The summed E-state index contributed by atoms with van der Waals surface area (Å²) in [4.78, 5) is 11.2. The van der Waals surface area contributed by atoms with Crippen LogP contribution in [-0.2, 0) is 17.6 Å². The third-order valence-electron chi connectivity index (χ3n) is 3.93. The van der Waals surface area contributed by atoms with Crippen molar-refractivity contribution in [1.82, 2.24) is 0 Å². The first kappa shape index (κ1) is 14.1. The monoisotopic (exact) mass is 344 g/mol. The summed E-state index contributed by atoms with van der Waals surface area (Å²) in [7, 11) is 0. The molecule has 1 amide bonds. The lowest BCUT2D eigenvalue weighted by Crippen LogP contribution is -2.16. The van der Waals surface area contributed by atoms with Gasteiger partial charge in [0.1, 0.15) is 0 Å². The summed E-state index contributed by atoms with van der Waals surface area (Å²) in [6.45, 7) is 0. The van der Waals surface area contributed by atoms with Gasteiger partial charge < -0.3 is 11.1 Å². The molecule has 0 aromatic heterocycles. The fraction of sp³-hybridized carbons (Fsp3) is 0.235. The van der Waals surface area contributed by atoms with Crippen LogP contribution < -0.4 is 11.1 Å². The molecule has 1 atom stereocenters. The molecular formula is C17H17BrN2O. The van der Waals surface area contributed by atoms with Gasteiger partial charge >= 0.3 is 0 Å². The number of carbonyl (C=O) groups excluding carboxylic acids is 1. The lowest BCUT2D eigenvalue weighted by molar-refractivity contribution is -0.117. The second kappa shape index (κ2) is 5.90. The number of nitrogens with two attached hydrogens (primary N) is 1. The molecule has 0 heterocycles. The van der Waals surface area contributed by atoms with Gasteiger partial charge in [-0.2, -0.15) is 0 Å². The Hall–Kier alpha value is -1.81. The van der Waals surface area contributed by atoms with E-state index in [0.29, 0.717) is 0 Å². The molecule has 108 valence electrons. The quantitative estimate of drug-likeness (QED) is 0.890. The SMILES string of the molecule is NC(=O)Cc1ccccc1NC1CCc2c(Br)cccc21. The minimum atomic E-state index is -0.307. The van der Waals surface area contributed by atoms with E-state index < -0.39 is 0 Å². The molecule has 2 aromatic carbocycles. The fourth-order valence-corrected chi connectivity index (χ4v) is 3.53. The maximum Gasteiger partial charge on any atom is 0.221 e. The van der Waals surface area contributed by atoms with Crippen LogP contribution in [0.25, 0.3) is 0 Å². The van der Waals surface area contributed by atoms with Crippen molar-refractivity contribution in [3.8, 4) is 0 Å². The highest BCUT2D eigenvalue weighted by atomic mass is 79.9. The molecule has 0 aliphatic heterocycles. The molecule has 0 saturated carbocycles. The zero-order valence-electron chi connectivity index (χ0n) is 11.6. The van der Waals surface area contributed by atoms with Gasteiger partial charge in [0, 0.05) is 10.2 Å². The number of hydrogen-bond donors (Lipinski definition) is 2. The van der Waals surface area contributed by atoms with Crippen molar-refractivity contribution in [3.63, 3.8) is 0 Å². The summed E-state index contributed by atoms with van der Waals surface area (Å²) in [6, 6.07) is 14.5. The van der Waals surface area contributed by atoms with Crippen molar-refractivity contribution in [2.75, 3.05) is 5.32 Å². The van der Waals surface area contributed by atoms with Crippen molar-refractivity contribution in [2.24, 2.45) is 5.73 Å². The first-order valence-corrected chi connectivity index (χ1v) is 7.84. The van der Waals surface area contributed by atoms with Crippen LogP contribution in [0.3, 0.4) is 0 Å². The largest absolute Gasteiger partial charge is 0.378 e. The van der Waals surface area contributed by atoms with E-state index in [1.807, 2.05) is 24.3 Å². The van der Waals surface area contributed by atoms with Crippen molar-refractivity contribution >= 4 is 27.5 Å². The maximum atomic E-state index is 11.2. The molecule has 0 radical (unpaired) electrons. The highest BCUT2D eigenvalue weighted by Gasteiger charge is 2.24. The van der Waals surface area contributed by atoms with Gasteiger partial charge in [-0.15, -0.1) is 0 Å². The second-order valence-corrected chi connectivity index (χ2v) is 6.20. The highest BCUT2D eigenvalue weighted by molar-refractivity contribution is 9.10. The van der Waals surface area contributed by atoms with E-state index in [4.69, 9.17) is 5.73 Å². The van der Waals surface area contributed by atoms with Gasteiger partial charge in [-0.05, 0) is 41.7 Å². The molecule has 1 aliphatic carbocycles. The Kier molecular flexibility index (Phi) is 3.97. The normalized spacial score (nSPS) is 16.5. The summed E-state index contributed by atoms with van der Waals surface area (Å²) < 4.78 is 1.18. The number of rotatable bonds is 4. The van der Waals surface area contributed by atoms with Gasteiger partial charge in [-0.25, -0.2) is 0 Å². The predicted molar refractivity (Wildman–Crippen MR) is 88.2 cm³/mol. The number of fused-ring (bicyclic) bond motifs is 1. The van der Waals surface area contributed by atoms with Crippen molar-refractivity contribution in [3.05, 3.63) is 63.6 Å². The van der Waals surface area contributed by atoms with Gasteiger partial charge in [0.15, 0.2) is 0 Å². The van der Waals surface area contributed by atoms with Gasteiger partial charge in [-0.3, -0.25) is 4.79 Å². The van der Waals surface area contributed by atoms with Gasteiger partial charge in [-0.1, -0.05) is 46.3 Å². The van der Waals surface area contributed by atoms with Crippen LogP contribution in [-0.4, -0.2) is 5.91 Å². The molecule has 0 bridgehead atoms. The number of primary amides is 1. The van der Waals surface area contributed by atoms with E-state index in [1.165, 1.54) is 15.6 Å². The van der Waals surface area contributed by atoms with Crippen LogP contribution in [0.5, 0.6) is 0 Å². The first-order valence-electron chi connectivity index (χ1n) is 7.05. The summed E-state index contributed by atoms with van der Waals surface area (Å²) in [5.74, 6) is -0.307. The molecule has 0 fully saturated rings. The molecule has 1 unspecified atom stereocenters. The molecule has 21 heavy (non-hydrogen) atoms. The molecule has 0 saturated heterocycles. The predicted octanol–water partition coefficient (Wildman–Crippen LogP) is 3.58. The lowest BCUT2D eigenvalue weighted by Gasteiger charge is -2.18. The van der Waals surface area contributed by atoms with E-state index in [2.05, 4.69) is 39.4 Å². The Balaban J connectivity index is 1.87. The number of para-hydroxylation sites is 1. The summed E-state index contributed by atoms with van der Waals surface area (Å²) in [5, 5.41) is 3.57. The molecule has 0 spiro atoms. The average molecular weight is 345 g/mol. The zero-order valence-corrected chi connectivity index (χ0v) is 13.2. The zero-order chi connectivity index (χ0) is 14.8. The summed E-state index contributed by atoms with van der Waals surface area (Å²) in [5.41, 5.74) is 9.98. The number of halogens is 1. The standard InChI is InChI=1S/C17H17BrN2O/c18-14-6-3-5-13-12(14)8-9-16(13)20-15-7-2-1-4-11(15)10-17(19)21/h1-7,16,20H,8-10H2,(H2,19,21). The molecule has 2 aromatic rings. The van der Waals surface area contributed by atoms with Crippen LogP contribution in [0.4, 0.5) is 5.69 Å². The average Bonchev–Trinajstić information content (AvgIpc) is 2.85. The number of benzene rings is 2. The van der Waals surface area contributed by atoms with E-state index in [0.717, 1.165) is 24.1 Å². The number of amides is 1. The van der Waals surface area contributed by atoms with E-state index >= 15 is 0 Å². The smallest absolute Gasteiger partial charge is 0.221 e. The Morgan fingerprint density at radius 3 is 2.86 bits per heavy atom. The lowest BCUT2D eigenvalue weighted by atomic mass is 10.1. The molecule has 1 aliphatic rings. The topological polar surface area (TPSA) is 55.1 Å². The minimum Gasteiger partial charge on any atom is -0.378 e. The van der Waals surface area contributed by atoms with Gasteiger partial charge in [0.25, 0.3) is 0 Å². The van der Waals surface area contributed by atoms with Crippen LogP contribution in [0.1, 0.15) is 29.2 Å². The van der Waals surface area contributed by atoms with E-state index in [1.54, 1.807) is 0 Å². The number of hydrogen-bond acceptors (Lipinski definition) is 2. The minimum absolute atomic E-state index is 0.265. The Labute approximate surface area is 132 Å². The molecule has 3 N–H and O–H groups in total. The van der Waals surface area contributed by atoms with E-state index in [9.17, 15) is 4.79 Å². The molecule has 4 heteroatoms. The number of carbonyl (C=O) groups is 1. The Morgan fingerprint density at radius 1 is 1.24 bits per heavy atom. The summed E-state index contributed by atoms with van der Waals surface area (Å²) >= 11 is 3.62. The van der Waals surface area contributed by atoms with Crippen molar-refractivity contribution < 1.29 is 4.79 Å². The number of nitrogens with one attached hydrogen (secondary N) is 1. The van der Waals surface area contributed by atoms with Crippen LogP contribution in [0, 0.1) is 0 Å². The third kappa shape index (κ3) is 2.95. The van der Waals surface area contributed by atoms with Crippen LogP contribution >= 0.6 is 15.9 Å². The number of anilines is 1. The fourth-order valence-electron chi connectivity index (χ4n) is 2.95. The highest BCUT2D eigenvalue weighted by Crippen LogP contribution is 2.38. The molecule has 3 nitrogen and oxygen atoms in total. The third-order valence-corrected chi connectivity index (χ3v) is 4.67. The van der Waals surface area contributed by atoms with Crippen LogP contribution in [0.15, 0.2) is 46.9 Å². The van der Waals surface area contributed by atoms with Crippen molar-refractivity contribution in [1.29, 1.82) is 0 Å². The second-order valence-electron chi connectivity index (χ2n) is 5.34. The first-order chi connectivity index (χ1) is 10.1. The molecular weight excluding hydrogens is 328 g/mol.